The van der Waals surface area contributed by atoms with Crippen LogP contribution < -0.4 is 10.1 Å². The molecule has 110 valence electrons. The van der Waals surface area contributed by atoms with Crippen molar-refractivity contribution in [2.45, 2.75) is 11.9 Å². The van der Waals surface area contributed by atoms with E-state index in [1.807, 2.05) is 25.3 Å². The van der Waals surface area contributed by atoms with Crippen molar-refractivity contribution in [1.29, 1.82) is 0 Å². The summed E-state index contributed by atoms with van der Waals surface area (Å²) in [6.45, 7) is 1.82. The first-order valence-corrected chi connectivity index (χ1v) is 7.87. The number of hydrogen-bond donors (Lipinski definition) is 1. The van der Waals surface area contributed by atoms with Crippen molar-refractivity contribution in [3.63, 3.8) is 0 Å². The SMILES string of the molecule is CSc1ccc(NC(=O)COc2ccc(Cl)c(C)c2)cn1. The monoisotopic (exact) mass is 322 g/mol. The number of nitrogens with one attached hydrogen (secondary N) is 1. The average Bonchev–Trinajstić information content (AvgIpc) is 2.49. The van der Waals surface area contributed by atoms with Crippen molar-refractivity contribution in [2.75, 3.05) is 18.2 Å². The molecule has 0 aliphatic carbocycles. The molecule has 0 saturated heterocycles. The van der Waals surface area contributed by atoms with Crippen LogP contribution in [0.4, 0.5) is 5.69 Å². The van der Waals surface area contributed by atoms with E-state index in [0.717, 1.165) is 10.6 Å². The number of thioether (sulfide) groups is 1. The van der Waals surface area contributed by atoms with Crippen LogP contribution >= 0.6 is 23.4 Å². The largest absolute Gasteiger partial charge is 0.484 e. The highest BCUT2D eigenvalue weighted by Crippen LogP contribution is 2.21. The van der Waals surface area contributed by atoms with Crippen molar-refractivity contribution in [1.82, 2.24) is 4.98 Å². The molecule has 1 heterocycles. The summed E-state index contributed by atoms with van der Waals surface area (Å²) in [7, 11) is 0. The van der Waals surface area contributed by atoms with E-state index in [4.69, 9.17) is 16.3 Å². The molecule has 0 spiro atoms. The van der Waals surface area contributed by atoms with E-state index in [0.29, 0.717) is 16.5 Å². The van der Waals surface area contributed by atoms with Crippen LogP contribution in [0.3, 0.4) is 0 Å². The number of amides is 1. The molecule has 0 bridgehead atoms. The van der Waals surface area contributed by atoms with Gasteiger partial charge in [0, 0.05) is 5.02 Å². The molecular formula is C15H15ClN2O2S. The van der Waals surface area contributed by atoms with Crippen LogP contribution in [0.25, 0.3) is 0 Å². The van der Waals surface area contributed by atoms with Gasteiger partial charge in [-0.1, -0.05) is 11.6 Å². The number of halogens is 1. The Morgan fingerprint density at radius 1 is 1.38 bits per heavy atom. The minimum absolute atomic E-state index is 0.0641. The third kappa shape index (κ3) is 4.65. The van der Waals surface area contributed by atoms with Gasteiger partial charge in [0.1, 0.15) is 5.75 Å². The maximum absolute atomic E-state index is 11.8. The van der Waals surface area contributed by atoms with E-state index in [9.17, 15) is 4.79 Å². The van der Waals surface area contributed by atoms with Gasteiger partial charge in [-0.05, 0) is 49.1 Å². The molecular weight excluding hydrogens is 308 g/mol. The zero-order chi connectivity index (χ0) is 15.2. The first-order valence-electron chi connectivity index (χ1n) is 6.27. The Morgan fingerprint density at radius 3 is 2.81 bits per heavy atom. The fourth-order valence-corrected chi connectivity index (χ4v) is 2.11. The summed E-state index contributed by atoms with van der Waals surface area (Å²) in [5, 5.41) is 4.30. The van der Waals surface area contributed by atoms with Gasteiger partial charge in [-0.15, -0.1) is 11.8 Å². The van der Waals surface area contributed by atoms with Crippen LogP contribution in [-0.4, -0.2) is 23.8 Å². The van der Waals surface area contributed by atoms with Gasteiger partial charge >= 0.3 is 0 Å². The number of ether oxygens (including phenoxy) is 1. The highest BCUT2D eigenvalue weighted by Gasteiger charge is 2.05. The van der Waals surface area contributed by atoms with Gasteiger partial charge in [0.2, 0.25) is 0 Å². The lowest BCUT2D eigenvalue weighted by Crippen LogP contribution is -2.20. The Morgan fingerprint density at radius 2 is 2.19 bits per heavy atom. The molecule has 1 amide bonds. The highest BCUT2D eigenvalue weighted by molar-refractivity contribution is 7.98. The van der Waals surface area contributed by atoms with E-state index in [1.165, 1.54) is 0 Å². The first-order chi connectivity index (χ1) is 10.1. The molecule has 1 N–H and O–H groups in total. The van der Waals surface area contributed by atoms with Gasteiger partial charge in [-0.25, -0.2) is 4.98 Å². The number of aryl methyl sites for hydroxylation is 1. The van der Waals surface area contributed by atoms with E-state index in [-0.39, 0.29) is 12.5 Å². The number of benzene rings is 1. The Hall–Kier alpha value is -1.72. The smallest absolute Gasteiger partial charge is 0.262 e. The zero-order valence-electron chi connectivity index (χ0n) is 11.7. The van der Waals surface area contributed by atoms with Crippen LogP contribution in [-0.2, 0) is 4.79 Å². The molecule has 0 saturated carbocycles. The van der Waals surface area contributed by atoms with Gasteiger partial charge in [0.25, 0.3) is 5.91 Å². The molecule has 4 nitrogen and oxygen atoms in total. The van der Waals surface area contributed by atoms with Crippen molar-refractivity contribution < 1.29 is 9.53 Å². The van der Waals surface area contributed by atoms with Crippen molar-refractivity contribution in [3.05, 3.63) is 47.1 Å². The van der Waals surface area contributed by atoms with E-state index in [1.54, 1.807) is 36.2 Å². The minimum Gasteiger partial charge on any atom is -0.484 e. The Balaban J connectivity index is 1.87. The van der Waals surface area contributed by atoms with Gasteiger partial charge in [-0.2, -0.15) is 0 Å². The van der Waals surface area contributed by atoms with E-state index < -0.39 is 0 Å². The lowest BCUT2D eigenvalue weighted by molar-refractivity contribution is -0.118. The summed E-state index contributed by atoms with van der Waals surface area (Å²) in [6, 6.07) is 8.93. The third-order valence-electron chi connectivity index (χ3n) is 2.73. The molecule has 0 fully saturated rings. The van der Waals surface area contributed by atoms with Crippen LogP contribution in [0.5, 0.6) is 5.75 Å². The molecule has 0 atom stereocenters. The van der Waals surface area contributed by atoms with E-state index >= 15 is 0 Å². The summed E-state index contributed by atoms with van der Waals surface area (Å²) < 4.78 is 5.43. The van der Waals surface area contributed by atoms with Crippen LogP contribution in [0.2, 0.25) is 5.02 Å². The predicted molar refractivity (Wildman–Crippen MR) is 86.3 cm³/mol. The van der Waals surface area contributed by atoms with Crippen molar-refractivity contribution >= 4 is 35.0 Å². The summed E-state index contributed by atoms with van der Waals surface area (Å²) in [5.74, 6) is 0.379. The second kappa shape index (κ2) is 7.33. The standard InChI is InChI=1S/C15H15ClN2O2S/c1-10-7-12(4-5-13(10)16)20-9-14(19)18-11-3-6-15(21-2)17-8-11/h3-8H,9H2,1-2H3,(H,18,19). The molecule has 0 aliphatic heterocycles. The number of nitrogens with zero attached hydrogens (tertiary/aromatic N) is 1. The number of hydrogen-bond acceptors (Lipinski definition) is 4. The van der Waals surface area contributed by atoms with Gasteiger partial charge in [0.15, 0.2) is 6.61 Å². The fourth-order valence-electron chi connectivity index (χ4n) is 1.63. The zero-order valence-corrected chi connectivity index (χ0v) is 13.3. The molecule has 1 aromatic heterocycles. The fraction of sp³-hybridized carbons (Fsp3) is 0.200. The third-order valence-corrected chi connectivity index (χ3v) is 3.81. The average molecular weight is 323 g/mol. The van der Waals surface area contributed by atoms with Crippen molar-refractivity contribution in [3.8, 4) is 5.75 Å². The lowest BCUT2D eigenvalue weighted by Gasteiger charge is -2.08. The van der Waals surface area contributed by atoms with Gasteiger partial charge < -0.3 is 10.1 Å². The van der Waals surface area contributed by atoms with Gasteiger partial charge in [-0.3, -0.25) is 4.79 Å². The molecule has 6 heteroatoms. The van der Waals surface area contributed by atoms with Crippen molar-refractivity contribution in [2.24, 2.45) is 0 Å². The highest BCUT2D eigenvalue weighted by atomic mass is 35.5. The Kier molecular flexibility index (Phi) is 5.47. The molecule has 0 radical (unpaired) electrons. The number of pyridine rings is 1. The van der Waals surface area contributed by atoms with Gasteiger partial charge in [0.05, 0.1) is 16.9 Å². The molecule has 21 heavy (non-hydrogen) atoms. The minimum atomic E-state index is -0.235. The lowest BCUT2D eigenvalue weighted by atomic mass is 10.2. The Bertz CT molecular complexity index is 632. The van der Waals surface area contributed by atoms with Crippen LogP contribution in [0.15, 0.2) is 41.6 Å². The second-order valence-corrected chi connectivity index (χ2v) is 5.57. The molecule has 0 unspecified atom stereocenters. The molecule has 2 rings (SSSR count). The summed E-state index contributed by atoms with van der Waals surface area (Å²) >= 11 is 7.48. The number of anilines is 1. The first kappa shape index (κ1) is 15.7. The Labute approximate surface area is 132 Å². The van der Waals surface area contributed by atoms with E-state index in [2.05, 4.69) is 10.3 Å². The van der Waals surface area contributed by atoms with Crippen LogP contribution in [0.1, 0.15) is 5.56 Å². The van der Waals surface area contributed by atoms with Crippen LogP contribution in [0, 0.1) is 6.92 Å². The molecule has 2 aromatic rings. The summed E-state index contributed by atoms with van der Waals surface area (Å²) in [5.41, 5.74) is 1.56. The maximum Gasteiger partial charge on any atom is 0.262 e. The topological polar surface area (TPSA) is 51.2 Å². The summed E-state index contributed by atoms with van der Waals surface area (Å²) in [4.78, 5) is 16.0. The normalized spacial score (nSPS) is 10.2. The number of aromatic nitrogens is 1. The molecule has 1 aromatic carbocycles. The second-order valence-electron chi connectivity index (χ2n) is 4.34. The quantitative estimate of drug-likeness (QED) is 0.851. The molecule has 0 aliphatic rings. The summed E-state index contributed by atoms with van der Waals surface area (Å²) in [6.07, 6.45) is 3.57. The predicted octanol–water partition coefficient (Wildman–Crippen LogP) is 3.78. The maximum atomic E-state index is 11.8. The number of carbonyl (C=O) groups excluding carboxylic acids is 1. The number of rotatable bonds is 5. The number of carbonyl (C=O) groups is 1.